The number of nitrogens with zero attached hydrogens (tertiary/aromatic N) is 3. The van der Waals surface area contributed by atoms with E-state index in [4.69, 9.17) is 9.47 Å². The first-order valence-corrected chi connectivity index (χ1v) is 8.52. The molecule has 0 spiro atoms. The van der Waals surface area contributed by atoms with Crippen LogP contribution in [0.4, 0.5) is 0 Å². The maximum atomic E-state index is 9.66. The van der Waals surface area contributed by atoms with Crippen molar-refractivity contribution in [2.24, 2.45) is 7.05 Å². The first kappa shape index (κ1) is 17.6. The van der Waals surface area contributed by atoms with Crippen molar-refractivity contribution in [3.8, 4) is 17.6 Å². The smallest absolute Gasteiger partial charge is 0.161 e. The van der Waals surface area contributed by atoms with E-state index in [1.165, 1.54) is 0 Å². The second-order valence-corrected chi connectivity index (χ2v) is 5.91. The first-order valence-electron chi connectivity index (χ1n) is 8.52. The molecule has 5 nitrogen and oxygen atoms in total. The van der Waals surface area contributed by atoms with Crippen LogP contribution in [0.25, 0.3) is 22.7 Å². The van der Waals surface area contributed by atoms with E-state index in [0.717, 1.165) is 23.0 Å². The topological polar surface area (TPSA) is 60.1 Å². The lowest BCUT2D eigenvalue weighted by Gasteiger charge is -2.10. The lowest BCUT2D eigenvalue weighted by atomic mass is 10.1. The summed E-state index contributed by atoms with van der Waals surface area (Å²) in [6, 6.07) is 15.7. The van der Waals surface area contributed by atoms with Gasteiger partial charge in [-0.05, 0) is 42.3 Å². The summed E-state index contributed by atoms with van der Waals surface area (Å²) >= 11 is 0. The highest BCUT2D eigenvalue weighted by molar-refractivity contribution is 5.91. The van der Waals surface area contributed by atoms with E-state index in [1.54, 1.807) is 7.11 Å². The number of ether oxygens (including phenoxy) is 2. The van der Waals surface area contributed by atoms with Gasteiger partial charge in [0, 0.05) is 7.05 Å². The van der Waals surface area contributed by atoms with Gasteiger partial charge in [0.25, 0.3) is 0 Å². The van der Waals surface area contributed by atoms with Crippen molar-refractivity contribution in [3.05, 3.63) is 53.9 Å². The highest BCUT2D eigenvalue weighted by atomic mass is 16.5. The molecular formula is C21H21N3O2. The summed E-state index contributed by atoms with van der Waals surface area (Å²) in [5.41, 5.74) is 3.21. The molecule has 0 atom stereocenters. The minimum Gasteiger partial charge on any atom is -0.493 e. The monoisotopic (exact) mass is 347 g/mol. The van der Waals surface area contributed by atoms with Gasteiger partial charge >= 0.3 is 0 Å². The number of nitriles is 1. The Kier molecular flexibility index (Phi) is 5.23. The van der Waals surface area contributed by atoms with E-state index in [0.29, 0.717) is 29.5 Å². The maximum Gasteiger partial charge on any atom is 0.161 e. The molecule has 1 heterocycles. The molecule has 132 valence electrons. The third-order valence-electron chi connectivity index (χ3n) is 4.11. The highest BCUT2D eigenvalue weighted by Gasteiger charge is 2.12. The fraction of sp³-hybridized carbons (Fsp3) is 0.238. The lowest BCUT2D eigenvalue weighted by molar-refractivity contribution is 0.294. The van der Waals surface area contributed by atoms with Gasteiger partial charge in [-0.3, -0.25) is 0 Å². The molecular weight excluding hydrogens is 326 g/mol. The molecule has 0 saturated carbocycles. The van der Waals surface area contributed by atoms with Gasteiger partial charge in [-0.1, -0.05) is 25.1 Å². The second-order valence-electron chi connectivity index (χ2n) is 5.91. The molecule has 5 heteroatoms. The summed E-state index contributed by atoms with van der Waals surface area (Å²) in [6.07, 6.45) is 2.74. The molecule has 2 aromatic carbocycles. The largest absolute Gasteiger partial charge is 0.493 e. The minimum absolute atomic E-state index is 0.493. The number of methoxy groups -OCH3 is 1. The van der Waals surface area contributed by atoms with E-state index >= 15 is 0 Å². The van der Waals surface area contributed by atoms with E-state index < -0.39 is 0 Å². The number of hydrogen-bond acceptors (Lipinski definition) is 4. The zero-order valence-corrected chi connectivity index (χ0v) is 15.2. The molecule has 0 unspecified atom stereocenters. The standard InChI is InChI=1S/C21H21N3O2/c1-4-11-26-19-10-9-15(13-20(19)25-3)12-16(14-22)21-23-17-7-5-6-8-18(17)24(21)2/h5-10,12-13H,4,11H2,1-3H3/b16-12+. The molecule has 0 aliphatic rings. The van der Waals surface area contributed by atoms with Crippen molar-refractivity contribution in [2.75, 3.05) is 13.7 Å². The van der Waals surface area contributed by atoms with Crippen LogP contribution in [0.2, 0.25) is 0 Å². The molecule has 3 rings (SSSR count). The number of aromatic nitrogens is 2. The number of hydrogen-bond donors (Lipinski definition) is 0. The average molecular weight is 347 g/mol. The van der Waals surface area contributed by atoms with E-state index in [9.17, 15) is 5.26 Å². The maximum absolute atomic E-state index is 9.66. The van der Waals surface area contributed by atoms with Crippen LogP contribution in [0, 0.1) is 11.3 Å². The molecule has 0 aliphatic carbocycles. The number of fused-ring (bicyclic) bond motifs is 1. The van der Waals surface area contributed by atoms with E-state index in [2.05, 4.69) is 18.0 Å². The number of rotatable bonds is 6. The third-order valence-corrected chi connectivity index (χ3v) is 4.11. The summed E-state index contributed by atoms with van der Waals surface area (Å²) in [4.78, 5) is 4.60. The molecule has 0 saturated heterocycles. The molecule has 26 heavy (non-hydrogen) atoms. The van der Waals surface area contributed by atoms with Gasteiger partial charge in [0.15, 0.2) is 17.3 Å². The summed E-state index contributed by atoms with van der Waals surface area (Å²) in [5.74, 6) is 1.99. The lowest BCUT2D eigenvalue weighted by Crippen LogP contribution is -1.98. The van der Waals surface area contributed by atoms with Crippen molar-refractivity contribution >= 4 is 22.7 Å². The van der Waals surface area contributed by atoms with Crippen LogP contribution in [-0.4, -0.2) is 23.3 Å². The number of aryl methyl sites for hydroxylation is 1. The Morgan fingerprint density at radius 3 is 2.73 bits per heavy atom. The highest BCUT2D eigenvalue weighted by Crippen LogP contribution is 2.30. The molecule has 0 N–H and O–H groups in total. The Morgan fingerprint density at radius 2 is 2.04 bits per heavy atom. The van der Waals surface area contributed by atoms with Crippen LogP contribution in [-0.2, 0) is 7.05 Å². The Morgan fingerprint density at radius 1 is 1.23 bits per heavy atom. The number of allylic oxidation sites excluding steroid dienone is 1. The predicted octanol–water partition coefficient (Wildman–Crippen LogP) is 4.43. The Hall–Kier alpha value is -3.26. The number of benzene rings is 2. The Bertz CT molecular complexity index is 996. The molecule has 1 aromatic heterocycles. The van der Waals surface area contributed by atoms with Gasteiger partial charge in [0.2, 0.25) is 0 Å². The predicted molar refractivity (Wildman–Crippen MR) is 103 cm³/mol. The molecule has 0 fully saturated rings. The van der Waals surface area contributed by atoms with Crippen LogP contribution in [0.15, 0.2) is 42.5 Å². The van der Waals surface area contributed by atoms with Crippen LogP contribution in [0.1, 0.15) is 24.7 Å². The zero-order valence-electron chi connectivity index (χ0n) is 15.2. The van der Waals surface area contributed by atoms with Gasteiger partial charge in [-0.15, -0.1) is 0 Å². The number of para-hydroxylation sites is 2. The first-order chi connectivity index (χ1) is 12.7. The third kappa shape index (κ3) is 3.40. The summed E-state index contributed by atoms with van der Waals surface area (Å²) in [5, 5.41) is 9.66. The molecule has 0 radical (unpaired) electrons. The minimum atomic E-state index is 0.493. The Labute approximate surface area is 153 Å². The van der Waals surface area contributed by atoms with Gasteiger partial charge in [0.05, 0.1) is 30.3 Å². The molecule has 0 amide bonds. The van der Waals surface area contributed by atoms with Crippen LogP contribution >= 0.6 is 0 Å². The molecule has 0 bridgehead atoms. The van der Waals surface area contributed by atoms with Crippen LogP contribution < -0.4 is 9.47 Å². The van der Waals surface area contributed by atoms with Crippen molar-refractivity contribution < 1.29 is 9.47 Å². The van der Waals surface area contributed by atoms with Crippen molar-refractivity contribution in [1.29, 1.82) is 5.26 Å². The summed E-state index contributed by atoms with van der Waals surface area (Å²) in [6.45, 7) is 2.69. The molecule has 3 aromatic rings. The fourth-order valence-electron chi connectivity index (χ4n) is 2.81. The van der Waals surface area contributed by atoms with Gasteiger partial charge in [-0.2, -0.15) is 5.26 Å². The Balaban J connectivity index is 2.01. The quantitative estimate of drug-likeness (QED) is 0.619. The summed E-state index contributed by atoms with van der Waals surface area (Å²) < 4.78 is 13.0. The van der Waals surface area contributed by atoms with E-state index in [1.807, 2.05) is 60.2 Å². The average Bonchev–Trinajstić information content (AvgIpc) is 3.01. The zero-order chi connectivity index (χ0) is 18.5. The second kappa shape index (κ2) is 7.75. The molecule has 0 aliphatic heterocycles. The van der Waals surface area contributed by atoms with Crippen LogP contribution in [0.5, 0.6) is 11.5 Å². The van der Waals surface area contributed by atoms with Crippen molar-refractivity contribution in [1.82, 2.24) is 9.55 Å². The fourth-order valence-corrected chi connectivity index (χ4v) is 2.81. The SMILES string of the molecule is CCCOc1ccc(/C=C(\C#N)c2nc3ccccc3n2C)cc1OC. The number of imidazole rings is 1. The van der Waals surface area contributed by atoms with Crippen molar-refractivity contribution in [3.63, 3.8) is 0 Å². The van der Waals surface area contributed by atoms with Crippen molar-refractivity contribution in [2.45, 2.75) is 13.3 Å². The van der Waals surface area contributed by atoms with Gasteiger partial charge < -0.3 is 14.0 Å². The normalized spacial score (nSPS) is 11.4. The van der Waals surface area contributed by atoms with Gasteiger partial charge in [-0.25, -0.2) is 4.98 Å². The van der Waals surface area contributed by atoms with E-state index in [-0.39, 0.29) is 0 Å². The van der Waals surface area contributed by atoms with Crippen LogP contribution in [0.3, 0.4) is 0 Å². The summed E-state index contributed by atoms with van der Waals surface area (Å²) in [7, 11) is 3.52. The van der Waals surface area contributed by atoms with Gasteiger partial charge in [0.1, 0.15) is 6.07 Å².